The molecular weight excluding hydrogens is 506 g/mol. The molecule has 1 aliphatic heterocycles. The van der Waals surface area contributed by atoms with E-state index in [1.807, 2.05) is 42.5 Å². The van der Waals surface area contributed by atoms with Gasteiger partial charge in [-0.05, 0) is 80.2 Å². The van der Waals surface area contributed by atoms with E-state index in [1.165, 1.54) is 5.56 Å². The number of halogens is 1. The molecule has 3 aromatic rings. The molecule has 2 aromatic carbocycles. The highest BCUT2D eigenvalue weighted by atomic mass is 35.5. The number of carbonyl (C=O) groups is 1. The third kappa shape index (κ3) is 7.20. The van der Waals surface area contributed by atoms with Crippen LogP contribution in [0.3, 0.4) is 0 Å². The molecular formula is C29H38ClN3O5. The number of aromatic nitrogens is 1. The van der Waals surface area contributed by atoms with Crippen LogP contribution in [0.1, 0.15) is 42.1 Å². The van der Waals surface area contributed by atoms with Crippen molar-refractivity contribution >= 4 is 28.6 Å². The molecule has 0 fully saturated rings. The van der Waals surface area contributed by atoms with Crippen molar-refractivity contribution in [2.75, 3.05) is 60.3 Å². The van der Waals surface area contributed by atoms with E-state index >= 15 is 0 Å². The van der Waals surface area contributed by atoms with Crippen LogP contribution in [-0.2, 0) is 20.6 Å². The number of rotatable bonds is 14. The summed E-state index contributed by atoms with van der Waals surface area (Å²) in [4.78, 5) is 18.4. The Balaban J connectivity index is 1.44. The highest BCUT2D eigenvalue weighted by Gasteiger charge is 2.35. The molecule has 1 aliphatic rings. The minimum atomic E-state index is -0.356. The van der Waals surface area contributed by atoms with Gasteiger partial charge in [-0.1, -0.05) is 23.7 Å². The molecule has 2 heterocycles. The zero-order valence-corrected chi connectivity index (χ0v) is 23.0. The molecule has 38 heavy (non-hydrogen) atoms. The Labute approximate surface area is 229 Å². The Morgan fingerprint density at radius 2 is 1.79 bits per heavy atom. The van der Waals surface area contributed by atoms with Crippen LogP contribution in [0, 0.1) is 0 Å². The van der Waals surface area contributed by atoms with Crippen molar-refractivity contribution in [3.63, 3.8) is 0 Å². The van der Waals surface area contributed by atoms with Gasteiger partial charge in [-0.3, -0.25) is 4.90 Å². The average Bonchev–Trinajstić information content (AvgIpc) is 3.30. The lowest BCUT2D eigenvalue weighted by molar-refractivity contribution is 0.0629. The first-order chi connectivity index (χ1) is 18.6. The minimum Gasteiger partial charge on any atom is -0.494 e. The number of benzene rings is 2. The number of H-pyrrole nitrogens is 1. The van der Waals surface area contributed by atoms with Crippen LogP contribution in [0.5, 0.6) is 5.75 Å². The summed E-state index contributed by atoms with van der Waals surface area (Å²) in [6.07, 6.45) is 3.42. The average molecular weight is 544 g/mol. The van der Waals surface area contributed by atoms with Crippen LogP contribution in [-0.4, -0.2) is 76.3 Å². The summed E-state index contributed by atoms with van der Waals surface area (Å²) in [5, 5.41) is 5.21. The van der Waals surface area contributed by atoms with Gasteiger partial charge in [0.15, 0.2) is 0 Å². The molecule has 0 aliphatic carbocycles. The highest BCUT2D eigenvalue weighted by molar-refractivity contribution is 6.31. The lowest BCUT2D eigenvalue weighted by atomic mass is 9.92. The number of ether oxygens (including phenoxy) is 4. The van der Waals surface area contributed by atoms with Gasteiger partial charge in [0, 0.05) is 49.0 Å². The SMILES string of the molecule is COCCCNCCCCOc1ccc(C2c3[nH]c4ccc(Cl)cc4c3CCN2C(=O)OCCOC)cc1. The monoisotopic (exact) mass is 543 g/mol. The zero-order valence-electron chi connectivity index (χ0n) is 22.3. The number of nitrogens with one attached hydrogen (secondary N) is 2. The molecule has 9 heteroatoms. The smallest absolute Gasteiger partial charge is 0.410 e. The zero-order chi connectivity index (χ0) is 26.7. The number of fused-ring (bicyclic) bond motifs is 3. The number of methoxy groups -OCH3 is 2. The van der Waals surface area contributed by atoms with Crippen molar-refractivity contribution in [1.29, 1.82) is 0 Å². The molecule has 1 amide bonds. The predicted octanol–water partition coefficient (Wildman–Crippen LogP) is 5.34. The van der Waals surface area contributed by atoms with Gasteiger partial charge in [-0.25, -0.2) is 4.79 Å². The number of hydrogen-bond donors (Lipinski definition) is 2. The molecule has 1 unspecified atom stereocenters. The van der Waals surface area contributed by atoms with Gasteiger partial charge in [-0.2, -0.15) is 0 Å². The quantitative estimate of drug-likeness (QED) is 0.267. The molecule has 2 N–H and O–H groups in total. The van der Waals surface area contributed by atoms with Gasteiger partial charge in [0.25, 0.3) is 0 Å². The Hall–Kier alpha value is -2.78. The molecule has 4 rings (SSSR count). The van der Waals surface area contributed by atoms with Crippen molar-refractivity contribution in [2.45, 2.75) is 31.7 Å². The maximum atomic E-state index is 13.1. The predicted molar refractivity (Wildman–Crippen MR) is 149 cm³/mol. The molecule has 0 spiro atoms. The number of hydrogen-bond acceptors (Lipinski definition) is 6. The summed E-state index contributed by atoms with van der Waals surface area (Å²) in [5.74, 6) is 0.815. The third-order valence-electron chi connectivity index (χ3n) is 6.75. The van der Waals surface area contributed by atoms with E-state index in [0.717, 1.165) is 66.9 Å². The first kappa shape index (κ1) is 28.2. The normalized spacial score (nSPS) is 15.0. The lowest BCUT2D eigenvalue weighted by Crippen LogP contribution is -2.41. The molecule has 206 valence electrons. The first-order valence-electron chi connectivity index (χ1n) is 13.3. The van der Waals surface area contributed by atoms with E-state index in [0.29, 0.717) is 31.2 Å². The van der Waals surface area contributed by atoms with Crippen LogP contribution in [0.25, 0.3) is 10.9 Å². The van der Waals surface area contributed by atoms with Crippen LogP contribution >= 0.6 is 11.6 Å². The summed E-state index contributed by atoms with van der Waals surface area (Å²) in [5.41, 5.74) is 4.17. The molecule has 0 saturated carbocycles. The molecule has 1 atom stereocenters. The van der Waals surface area contributed by atoms with Crippen molar-refractivity contribution in [3.05, 3.63) is 64.3 Å². The standard InChI is InChI=1S/C29H38ClN3O5/c1-35-16-5-14-31-13-3-4-17-37-23-9-6-21(7-10-23)28-27-24(25-20-22(30)8-11-26(25)32-27)12-15-33(28)29(34)38-19-18-36-2/h6-11,20,28,31-32H,3-5,12-19H2,1-2H3. The van der Waals surface area contributed by atoms with Gasteiger partial charge in [0.05, 0.1) is 13.2 Å². The summed E-state index contributed by atoms with van der Waals surface area (Å²) in [6.45, 7) is 4.50. The second kappa shape index (κ2) is 14.4. The molecule has 0 saturated heterocycles. The summed E-state index contributed by atoms with van der Waals surface area (Å²) < 4.78 is 21.6. The largest absolute Gasteiger partial charge is 0.494 e. The Kier molecular flexibility index (Phi) is 10.7. The van der Waals surface area contributed by atoms with Crippen molar-refractivity contribution in [3.8, 4) is 5.75 Å². The van der Waals surface area contributed by atoms with E-state index in [9.17, 15) is 4.79 Å². The molecule has 0 radical (unpaired) electrons. The lowest BCUT2D eigenvalue weighted by Gasteiger charge is -2.35. The van der Waals surface area contributed by atoms with E-state index in [4.69, 9.17) is 30.5 Å². The van der Waals surface area contributed by atoms with Crippen molar-refractivity contribution in [1.82, 2.24) is 15.2 Å². The van der Waals surface area contributed by atoms with E-state index in [1.54, 1.807) is 19.1 Å². The topological polar surface area (TPSA) is 85.1 Å². The fourth-order valence-corrected chi connectivity index (χ4v) is 5.03. The maximum absolute atomic E-state index is 13.1. The molecule has 0 bridgehead atoms. The van der Waals surface area contributed by atoms with E-state index < -0.39 is 0 Å². The van der Waals surface area contributed by atoms with Crippen LogP contribution in [0.4, 0.5) is 4.79 Å². The van der Waals surface area contributed by atoms with Crippen LogP contribution < -0.4 is 10.1 Å². The van der Waals surface area contributed by atoms with Gasteiger partial charge in [0.1, 0.15) is 18.4 Å². The second-order valence-corrected chi connectivity index (χ2v) is 9.82. The fraction of sp³-hybridized carbons (Fsp3) is 0.483. The number of amides is 1. The van der Waals surface area contributed by atoms with Gasteiger partial charge in [0.2, 0.25) is 0 Å². The van der Waals surface area contributed by atoms with Crippen molar-refractivity contribution < 1.29 is 23.7 Å². The Bertz CT molecular complexity index is 1170. The van der Waals surface area contributed by atoms with Crippen LogP contribution in [0.15, 0.2) is 42.5 Å². The Morgan fingerprint density at radius 1 is 1.00 bits per heavy atom. The fourth-order valence-electron chi connectivity index (χ4n) is 4.85. The first-order valence-corrected chi connectivity index (χ1v) is 13.6. The molecule has 8 nitrogen and oxygen atoms in total. The summed E-state index contributed by atoms with van der Waals surface area (Å²) in [6, 6.07) is 13.5. The molecule has 1 aromatic heterocycles. The number of unbranched alkanes of at least 4 members (excludes halogenated alkanes) is 1. The minimum absolute atomic E-state index is 0.211. The van der Waals surface area contributed by atoms with Crippen molar-refractivity contribution in [2.24, 2.45) is 0 Å². The van der Waals surface area contributed by atoms with Gasteiger partial charge < -0.3 is 29.2 Å². The maximum Gasteiger partial charge on any atom is 0.410 e. The van der Waals surface area contributed by atoms with Gasteiger partial charge in [-0.15, -0.1) is 0 Å². The van der Waals surface area contributed by atoms with E-state index in [-0.39, 0.29) is 18.7 Å². The highest BCUT2D eigenvalue weighted by Crippen LogP contribution is 2.39. The van der Waals surface area contributed by atoms with E-state index in [2.05, 4.69) is 10.3 Å². The van der Waals surface area contributed by atoms with Gasteiger partial charge >= 0.3 is 6.09 Å². The third-order valence-corrected chi connectivity index (χ3v) is 6.99. The number of nitrogens with zero attached hydrogens (tertiary/aromatic N) is 1. The number of aromatic amines is 1. The van der Waals surface area contributed by atoms with Crippen LogP contribution in [0.2, 0.25) is 5.02 Å². The summed E-state index contributed by atoms with van der Waals surface area (Å²) in [7, 11) is 3.31. The summed E-state index contributed by atoms with van der Waals surface area (Å²) >= 11 is 6.30. The number of carbonyl (C=O) groups excluding carboxylic acids is 1. The second-order valence-electron chi connectivity index (χ2n) is 9.38. The Morgan fingerprint density at radius 3 is 2.58 bits per heavy atom.